The van der Waals surface area contributed by atoms with Gasteiger partial charge in [-0.25, -0.2) is 9.59 Å². The molecule has 0 aliphatic carbocycles. The summed E-state index contributed by atoms with van der Waals surface area (Å²) in [6, 6.07) is 14.7. The molecule has 2 aromatic carbocycles. The molecule has 30 heavy (non-hydrogen) atoms. The number of aliphatic hydroxyl groups excluding tert-OH is 2. The lowest BCUT2D eigenvalue weighted by Gasteiger charge is -2.02. The lowest BCUT2D eigenvalue weighted by atomic mass is 10.0. The summed E-state index contributed by atoms with van der Waals surface area (Å²) in [5, 5.41) is 16.2. The molecule has 3 rings (SSSR count). The van der Waals surface area contributed by atoms with Gasteiger partial charge >= 0.3 is 0 Å². The normalized spacial score (nSPS) is 11.7. The fraction of sp³-hybridized carbons (Fsp3) is 0.391. The van der Waals surface area contributed by atoms with Crippen LogP contribution in [0.4, 0.5) is 11.4 Å². The van der Waals surface area contributed by atoms with E-state index in [2.05, 4.69) is 9.98 Å². The highest BCUT2D eigenvalue weighted by Crippen LogP contribution is 2.17. The molecule has 2 N–H and O–H groups in total. The summed E-state index contributed by atoms with van der Waals surface area (Å²) in [4.78, 5) is 27.3. The topological polar surface area (TPSA) is 109 Å². The Morgan fingerprint density at radius 3 is 1.40 bits per heavy atom. The van der Waals surface area contributed by atoms with E-state index in [0.29, 0.717) is 11.4 Å². The van der Waals surface area contributed by atoms with E-state index in [0.717, 1.165) is 43.6 Å². The molecular formula is C23H28N2O5. The maximum atomic E-state index is 10.1. The first-order valence-corrected chi connectivity index (χ1v) is 9.86. The highest BCUT2D eigenvalue weighted by atomic mass is 16.5. The van der Waals surface area contributed by atoms with Crippen LogP contribution in [0.5, 0.6) is 0 Å². The van der Waals surface area contributed by atoms with Gasteiger partial charge in [0, 0.05) is 26.4 Å². The summed E-state index contributed by atoms with van der Waals surface area (Å²) >= 11 is 0. The zero-order valence-electron chi connectivity index (χ0n) is 17.0. The molecule has 0 amide bonds. The van der Waals surface area contributed by atoms with Crippen LogP contribution in [-0.4, -0.2) is 48.8 Å². The molecule has 0 unspecified atom stereocenters. The zero-order valence-corrected chi connectivity index (χ0v) is 17.0. The van der Waals surface area contributed by atoms with Crippen molar-refractivity contribution in [1.82, 2.24) is 0 Å². The van der Waals surface area contributed by atoms with E-state index in [1.807, 2.05) is 24.3 Å². The van der Waals surface area contributed by atoms with Crippen LogP contribution in [0, 0.1) is 0 Å². The average Bonchev–Trinajstić information content (AvgIpc) is 3.36. The third-order valence-corrected chi connectivity index (χ3v) is 4.02. The van der Waals surface area contributed by atoms with Crippen molar-refractivity contribution in [1.29, 1.82) is 0 Å². The Hall–Kier alpha value is -2.92. The Morgan fingerprint density at radius 1 is 0.733 bits per heavy atom. The van der Waals surface area contributed by atoms with Gasteiger partial charge in [0.25, 0.3) is 0 Å². The van der Waals surface area contributed by atoms with Gasteiger partial charge in [0.2, 0.25) is 12.2 Å². The number of benzene rings is 2. The number of hydrogen-bond acceptors (Lipinski definition) is 7. The van der Waals surface area contributed by atoms with Crippen LogP contribution in [-0.2, 0) is 20.7 Å². The van der Waals surface area contributed by atoms with Gasteiger partial charge in [-0.15, -0.1) is 0 Å². The minimum atomic E-state index is 0.195. The van der Waals surface area contributed by atoms with Crippen LogP contribution in [0.15, 0.2) is 58.5 Å². The largest absolute Gasteiger partial charge is 0.396 e. The summed E-state index contributed by atoms with van der Waals surface area (Å²) in [6.07, 6.45) is 7.76. The number of nitrogens with zero attached hydrogens (tertiary/aromatic N) is 2. The molecule has 1 saturated heterocycles. The van der Waals surface area contributed by atoms with Gasteiger partial charge in [-0.1, -0.05) is 24.3 Å². The molecular weight excluding hydrogens is 384 g/mol. The predicted octanol–water partition coefficient (Wildman–Crippen LogP) is 3.76. The van der Waals surface area contributed by atoms with Crippen LogP contribution < -0.4 is 0 Å². The molecule has 0 radical (unpaired) electrons. The van der Waals surface area contributed by atoms with Crippen LogP contribution in [0.1, 0.15) is 36.8 Å². The summed E-state index contributed by atoms with van der Waals surface area (Å²) in [5.41, 5.74) is 3.40. The maximum Gasteiger partial charge on any atom is 0.240 e. The fourth-order valence-electron chi connectivity index (χ4n) is 2.45. The van der Waals surface area contributed by atoms with Crippen molar-refractivity contribution in [2.75, 3.05) is 26.4 Å². The van der Waals surface area contributed by atoms with E-state index in [4.69, 9.17) is 14.9 Å². The standard InChI is InChI=1S/C15H10N2O2.C4H10O2.C4H8O/c18-10-16-14-5-1-12(2-6-14)9-13-3-7-15(8-4-13)17-11-19;5-3-1-2-4-6;1-2-4-5-3-1/h1-8H,9H2;5-6H,1-4H2;1-4H2. The Kier molecular flexibility index (Phi) is 14.2. The van der Waals surface area contributed by atoms with Crippen molar-refractivity contribution in [3.8, 4) is 0 Å². The van der Waals surface area contributed by atoms with E-state index < -0.39 is 0 Å². The number of unbranched alkanes of at least 4 members (excludes halogenated alkanes) is 1. The van der Waals surface area contributed by atoms with Crippen LogP contribution in [0.2, 0.25) is 0 Å². The molecule has 0 atom stereocenters. The van der Waals surface area contributed by atoms with Crippen molar-refractivity contribution in [2.24, 2.45) is 9.98 Å². The first-order chi connectivity index (χ1) is 14.7. The average molecular weight is 412 g/mol. The van der Waals surface area contributed by atoms with Crippen molar-refractivity contribution in [3.63, 3.8) is 0 Å². The number of ether oxygens (including phenoxy) is 1. The van der Waals surface area contributed by atoms with Gasteiger partial charge < -0.3 is 14.9 Å². The number of rotatable bonds is 7. The van der Waals surface area contributed by atoms with Crippen LogP contribution in [0.3, 0.4) is 0 Å². The van der Waals surface area contributed by atoms with Gasteiger partial charge in [0.05, 0.1) is 11.4 Å². The second-order valence-electron chi connectivity index (χ2n) is 6.39. The smallest absolute Gasteiger partial charge is 0.240 e. The summed E-state index contributed by atoms with van der Waals surface area (Å²) < 4.78 is 4.94. The molecule has 0 bridgehead atoms. The number of isocyanates is 2. The highest BCUT2D eigenvalue weighted by Gasteiger charge is 1.98. The van der Waals surface area contributed by atoms with Gasteiger partial charge in [0.1, 0.15) is 0 Å². The molecule has 1 heterocycles. The van der Waals surface area contributed by atoms with E-state index >= 15 is 0 Å². The third-order valence-electron chi connectivity index (χ3n) is 4.02. The zero-order chi connectivity index (χ0) is 21.9. The Bertz CT molecular complexity index is 718. The SMILES string of the molecule is C1CCOC1.O=C=Nc1ccc(Cc2ccc(N=C=O)cc2)cc1.OCCCCO. The Morgan fingerprint density at radius 2 is 1.13 bits per heavy atom. The van der Waals surface area contributed by atoms with Gasteiger partial charge in [0.15, 0.2) is 0 Å². The van der Waals surface area contributed by atoms with Crippen molar-refractivity contribution < 1.29 is 24.5 Å². The molecule has 1 aliphatic heterocycles. The lowest BCUT2D eigenvalue weighted by molar-refractivity contribution is 0.198. The molecule has 7 heteroatoms. The third kappa shape index (κ3) is 11.8. The van der Waals surface area contributed by atoms with Crippen molar-refractivity contribution in [3.05, 3.63) is 59.7 Å². The van der Waals surface area contributed by atoms with E-state index in [1.165, 1.54) is 25.0 Å². The van der Waals surface area contributed by atoms with Crippen molar-refractivity contribution in [2.45, 2.75) is 32.1 Å². The van der Waals surface area contributed by atoms with E-state index in [1.54, 1.807) is 24.3 Å². The monoisotopic (exact) mass is 412 g/mol. The van der Waals surface area contributed by atoms with Crippen LogP contribution >= 0.6 is 0 Å². The first-order valence-electron chi connectivity index (χ1n) is 9.86. The predicted molar refractivity (Wildman–Crippen MR) is 115 cm³/mol. The summed E-state index contributed by atoms with van der Waals surface area (Å²) in [7, 11) is 0. The van der Waals surface area contributed by atoms with Crippen molar-refractivity contribution >= 4 is 23.5 Å². The fourth-order valence-corrected chi connectivity index (χ4v) is 2.45. The number of aliphatic hydroxyl groups is 2. The number of hydrogen-bond donors (Lipinski definition) is 2. The van der Waals surface area contributed by atoms with Gasteiger partial charge in [-0.05, 0) is 67.5 Å². The summed E-state index contributed by atoms with van der Waals surface area (Å²) in [6.45, 7) is 2.39. The second kappa shape index (κ2) is 17.0. The van der Waals surface area contributed by atoms with Crippen LogP contribution in [0.25, 0.3) is 0 Å². The number of aliphatic imine (C=N–C) groups is 2. The first kappa shape index (κ1) is 25.1. The molecule has 160 valence electrons. The second-order valence-corrected chi connectivity index (χ2v) is 6.39. The number of carbonyl (C=O) groups excluding carboxylic acids is 2. The molecule has 0 saturated carbocycles. The summed E-state index contributed by atoms with van der Waals surface area (Å²) in [5.74, 6) is 0. The molecule has 1 aliphatic rings. The highest BCUT2D eigenvalue weighted by molar-refractivity contribution is 5.51. The molecule has 0 aromatic heterocycles. The molecule has 0 spiro atoms. The molecule has 1 fully saturated rings. The van der Waals surface area contributed by atoms with E-state index in [9.17, 15) is 9.59 Å². The minimum Gasteiger partial charge on any atom is -0.396 e. The molecule has 2 aromatic rings. The minimum absolute atomic E-state index is 0.195. The van der Waals surface area contributed by atoms with E-state index in [-0.39, 0.29) is 13.2 Å². The van der Waals surface area contributed by atoms with Gasteiger partial charge in [-0.3, -0.25) is 0 Å². The maximum absolute atomic E-state index is 10.1. The van der Waals surface area contributed by atoms with Gasteiger partial charge in [-0.2, -0.15) is 9.98 Å². The molecule has 7 nitrogen and oxygen atoms in total. The Balaban J connectivity index is 0.000000334. The quantitative estimate of drug-likeness (QED) is 0.409. The lowest BCUT2D eigenvalue weighted by Crippen LogP contribution is -1.86. The Labute approximate surface area is 176 Å².